The van der Waals surface area contributed by atoms with Gasteiger partial charge in [0, 0.05) is 11.3 Å². The molecule has 4 nitrogen and oxygen atoms in total. The number of benzene rings is 1. The number of hydrogen-bond donors (Lipinski definition) is 2. The lowest BCUT2D eigenvalue weighted by Gasteiger charge is -2.04. The van der Waals surface area contributed by atoms with Crippen molar-refractivity contribution in [3.05, 3.63) is 29.8 Å². The van der Waals surface area contributed by atoms with Crippen molar-refractivity contribution in [3.63, 3.8) is 0 Å². The number of hydrogen-bond acceptors (Lipinski definition) is 2. The SMILES string of the molecule is C#Cc1cccc(NC(=O)[C@@H]2C[C@@H]2C(=O)O)c1. The standard InChI is InChI=1S/C13H11NO3/c1-2-8-4-3-5-9(6-8)14-12(15)10-7-11(10)13(16)17/h1,3-6,10-11H,7H2,(H,14,15)(H,16,17)/t10-,11+/m1/s1. The summed E-state index contributed by atoms with van der Waals surface area (Å²) in [6, 6.07) is 6.90. The maximum Gasteiger partial charge on any atom is 0.307 e. The van der Waals surface area contributed by atoms with E-state index >= 15 is 0 Å². The number of carboxylic acid groups (broad SMARTS) is 1. The van der Waals surface area contributed by atoms with E-state index in [9.17, 15) is 9.59 Å². The van der Waals surface area contributed by atoms with Crippen molar-refractivity contribution in [1.82, 2.24) is 0 Å². The number of amides is 1. The van der Waals surface area contributed by atoms with Crippen molar-refractivity contribution < 1.29 is 14.7 Å². The molecular weight excluding hydrogens is 218 g/mol. The summed E-state index contributed by atoms with van der Waals surface area (Å²) in [6.07, 6.45) is 5.66. The van der Waals surface area contributed by atoms with E-state index in [4.69, 9.17) is 11.5 Å². The molecule has 1 saturated carbocycles. The lowest BCUT2D eigenvalue weighted by Crippen LogP contribution is -2.16. The molecule has 1 aliphatic carbocycles. The third-order valence-corrected chi connectivity index (χ3v) is 2.74. The molecule has 1 aliphatic rings. The Morgan fingerprint density at radius 1 is 1.41 bits per heavy atom. The zero-order valence-corrected chi connectivity index (χ0v) is 9.01. The van der Waals surface area contributed by atoms with Gasteiger partial charge in [-0.1, -0.05) is 12.0 Å². The molecule has 0 bridgehead atoms. The van der Waals surface area contributed by atoms with Gasteiger partial charge in [-0.25, -0.2) is 0 Å². The highest BCUT2D eigenvalue weighted by Crippen LogP contribution is 2.39. The van der Waals surface area contributed by atoms with E-state index in [1.165, 1.54) is 0 Å². The van der Waals surface area contributed by atoms with Gasteiger partial charge in [-0.05, 0) is 24.6 Å². The Morgan fingerprint density at radius 3 is 2.76 bits per heavy atom. The second-order valence-electron chi connectivity index (χ2n) is 4.00. The quantitative estimate of drug-likeness (QED) is 0.768. The van der Waals surface area contributed by atoms with E-state index in [0.717, 1.165) is 0 Å². The van der Waals surface area contributed by atoms with Crippen molar-refractivity contribution >= 4 is 17.6 Å². The maximum atomic E-state index is 11.7. The van der Waals surface area contributed by atoms with Crippen LogP contribution in [0.5, 0.6) is 0 Å². The number of nitrogens with one attached hydrogen (secondary N) is 1. The van der Waals surface area contributed by atoms with Crippen molar-refractivity contribution in [3.8, 4) is 12.3 Å². The highest BCUT2D eigenvalue weighted by Gasteiger charge is 2.48. The molecule has 1 aromatic rings. The van der Waals surface area contributed by atoms with Crippen LogP contribution in [0.25, 0.3) is 0 Å². The molecule has 17 heavy (non-hydrogen) atoms. The van der Waals surface area contributed by atoms with Crippen LogP contribution in [0.1, 0.15) is 12.0 Å². The van der Waals surface area contributed by atoms with Crippen LogP contribution in [-0.4, -0.2) is 17.0 Å². The molecule has 86 valence electrons. The fourth-order valence-corrected chi connectivity index (χ4v) is 1.68. The zero-order chi connectivity index (χ0) is 12.4. The summed E-state index contributed by atoms with van der Waals surface area (Å²) in [7, 11) is 0. The molecule has 1 fully saturated rings. The zero-order valence-electron chi connectivity index (χ0n) is 9.01. The van der Waals surface area contributed by atoms with E-state index in [-0.39, 0.29) is 5.91 Å². The molecule has 0 aromatic heterocycles. The fourth-order valence-electron chi connectivity index (χ4n) is 1.68. The van der Waals surface area contributed by atoms with Gasteiger partial charge in [-0.3, -0.25) is 9.59 Å². The Kier molecular flexibility index (Phi) is 2.84. The van der Waals surface area contributed by atoms with Crippen molar-refractivity contribution in [2.24, 2.45) is 11.8 Å². The van der Waals surface area contributed by atoms with E-state index in [1.807, 2.05) is 0 Å². The highest BCUT2D eigenvalue weighted by molar-refractivity contribution is 5.98. The molecule has 2 atom stereocenters. The molecule has 2 rings (SSSR count). The van der Waals surface area contributed by atoms with Crippen molar-refractivity contribution in [2.45, 2.75) is 6.42 Å². The summed E-state index contributed by atoms with van der Waals surface area (Å²) in [5.74, 6) is 0.344. The van der Waals surface area contributed by atoms with Crippen LogP contribution >= 0.6 is 0 Å². The normalized spacial score (nSPS) is 21.4. The van der Waals surface area contributed by atoms with Crippen LogP contribution in [0.2, 0.25) is 0 Å². The average Bonchev–Trinajstić information content (AvgIpc) is 3.09. The van der Waals surface area contributed by atoms with Crippen LogP contribution in [0.3, 0.4) is 0 Å². The molecule has 0 aliphatic heterocycles. The first kappa shape index (κ1) is 11.2. The van der Waals surface area contributed by atoms with E-state index in [1.54, 1.807) is 24.3 Å². The summed E-state index contributed by atoms with van der Waals surface area (Å²) >= 11 is 0. The van der Waals surface area contributed by atoms with Crippen LogP contribution in [0.4, 0.5) is 5.69 Å². The predicted molar refractivity (Wildman–Crippen MR) is 62.2 cm³/mol. The van der Waals surface area contributed by atoms with Gasteiger partial charge in [0.05, 0.1) is 11.8 Å². The Morgan fingerprint density at radius 2 is 2.18 bits per heavy atom. The summed E-state index contributed by atoms with van der Waals surface area (Å²) < 4.78 is 0. The predicted octanol–water partition coefficient (Wildman–Crippen LogP) is 1.33. The molecular formula is C13H11NO3. The summed E-state index contributed by atoms with van der Waals surface area (Å²) in [6.45, 7) is 0. The smallest absolute Gasteiger partial charge is 0.307 e. The highest BCUT2D eigenvalue weighted by atomic mass is 16.4. The van der Waals surface area contributed by atoms with Gasteiger partial charge in [-0.15, -0.1) is 6.42 Å². The second kappa shape index (κ2) is 4.30. The third kappa shape index (κ3) is 2.45. The largest absolute Gasteiger partial charge is 0.481 e. The Hall–Kier alpha value is -2.28. The minimum Gasteiger partial charge on any atom is -0.481 e. The number of aliphatic carboxylic acids is 1. The molecule has 2 N–H and O–H groups in total. The van der Waals surface area contributed by atoms with Crippen LogP contribution in [0.15, 0.2) is 24.3 Å². The fraction of sp³-hybridized carbons (Fsp3) is 0.231. The van der Waals surface area contributed by atoms with Gasteiger partial charge in [-0.2, -0.15) is 0 Å². The molecule has 0 heterocycles. The number of anilines is 1. The summed E-state index contributed by atoms with van der Waals surface area (Å²) in [4.78, 5) is 22.3. The number of carbonyl (C=O) groups excluding carboxylic acids is 1. The van der Waals surface area contributed by atoms with Gasteiger partial charge in [0.15, 0.2) is 0 Å². The van der Waals surface area contributed by atoms with E-state index in [2.05, 4.69) is 11.2 Å². The Balaban J connectivity index is 2.00. The van der Waals surface area contributed by atoms with Crippen molar-refractivity contribution in [2.75, 3.05) is 5.32 Å². The molecule has 0 radical (unpaired) electrons. The van der Waals surface area contributed by atoms with Gasteiger partial charge in [0.1, 0.15) is 0 Å². The first-order valence-corrected chi connectivity index (χ1v) is 5.22. The first-order chi connectivity index (χ1) is 8.11. The minimum atomic E-state index is -0.914. The summed E-state index contributed by atoms with van der Waals surface area (Å²) in [5, 5.41) is 11.4. The number of carboxylic acids is 1. The van der Waals surface area contributed by atoms with E-state index < -0.39 is 17.8 Å². The molecule has 1 aromatic carbocycles. The van der Waals surface area contributed by atoms with E-state index in [0.29, 0.717) is 17.7 Å². The molecule has 0 unspecified atom stereocenters. The van der Waals surface area contributed by atoms with Crippen molar-refractivity contribution in [1.29, 1.82) is 0 Å². The molecule has 0 saturated heterocycles. The van der Waals surface area contributed by atoms with Gasteiger partial charge in [0.2, 0.25) is 5.91 Å². The number of rotatable bonds is 3. The third-order valence-electron chi connectivity index (χ3n) is 2.74. The van der Waals surface area contributed by atoms with Gasteiger partial charge >= 0.3 is 5.97 Å². The monoisotopic (exact) mass is 229 g/mol. The topological polar surface area (TPSA) is 66.4 Å². The van der Waals surface area contributed by atoms with Gasteiger partial charge < -0.3 is 10.4 Å². The molecule has 1 amide bonds. The first-order valence-electron chi connectivity index (χ1n) is 5.22. The lowest BCUT2D eigenvalue weighted by atomic mass is 10.2. The maximum absolute atomic E-state index is 11.7. The number of terminal acetylenes is 1. The van der Waals surface area contributed by atoms with Crippen LogP contribution in [0, 0.1) is 24.2 Å². The number of carbonyl (C=O) groups is 2. The lowest BCUT2D eigenvalue weighted by molar-refractivity contribution is -0.139. The average molecular weight is 229 g/mol. The second-order valence-corrected chi connectivity index (χ2v) is 4.00. The molecule has 0 spiro atoms. The van der Waals surface area contributed by atoms with Crippen LogP contribution < -0.4 is 5.32 Å². The van der Waals surface area contributed by atoms with Gasteiger partial charge in [0.25, 0.3) is 0 Å². The minimum absolute atomic E-state index is 0.258. The molecule has 4 heteroatoms. The van der Waals surface area contributed by atoms with Crippen LogP contribution in [-0.2, 0) is 9.59 Å². The summed E-state index contributed by atoms with van der Waals surface area (Å²) in [5.41, 5.74) is 1.27. The Bertz CT molecular complexity index is 516. The Labute approximate surface area is 98.6 Å².